The molecule has 23 heavy (non-hydrogen) atoms. The summed E-state index contributed by atoms with van der Waals surface area (Å²) in [5.74, 6) is -0.174. The number of nitrogens with zero attached hydrogens (tertiary/aromatic N) is 4. The molecule has 1 aromatic carbocycles. The van der Waals surface area contributed by atoms with E-state index < -0.39 is 11.7 Å². The van der Waals surface area contributed by atoms with E-state index in [1.54, 1.807) is 22.0 Å². The summed E-state index contributed by atoms with van der Waals surface area (Å²) >= 11 is 0. The highest BCUT2D eigenvalue weighted by atomic mass is 19.4. The summed E-state index contributed by atoms with van der Waals surface area (Å²) in [5, 5.41) is 7.66. The first-order valence-electron chi connectivity index (χ1n) is 7.23. The molecule has 0 unspecified atom stereocenters. The number of halogens is 3. The first-order chi connectivity index (χ1) is 10.9. The van der Waals surface area contributed by atoms with Crippen LogP contribution < -0.4 is 0 Å². The van der Waals surface area contributed by atoms with Crippen molar-refractivity contribution in [2.24, 2.45) is 0 Å². The molecule has 0 bridgehead atoms. The van der Waals surface area contributed by atoms with Gasteiger partial charge >= 0.3 is 6.18 Å². The van der Waals surface area contributed by atoms with E-state index in [0.29, 0.717) is 18.7 Å². The van der Waals surface area contributed by atoms with Gasteiger partial charge in [0.05, 0.1) is 24.2 Å². The fraction of sp³-hybridized carbons (Fsp3) is 0.400. The lowest BCUT2D eigenvalue weighted by Gasteiger charge is -2.17. The van der Waals surface area contributed by atoms with E-state index >= 15 is 0 Å². The van der Waals surface area contributed by atoms with Crippen LogP contribution in [0.25, 0.3) is 0 Å². The van der Waals surface area contributed by atoms with Gasteiger partial charge in [0.25, 0.3) is 0 Å². The Morgan fingerprint density at radius 3 is 2.87 bits per heavy atom. The third-order valence-corrected chi connectivity index (χ3v) is 3.94. The Hall–Kier alpha value is -2.38. The number of rotatable bonds is 3. The Balaban J connectivity index is 1.64. The van der Waals surface area contributed by atoms with Crippen LogP contribution in [0, 0.1) is 0 Å². The normalized spacial score (nSPS) is 18.4. The SMILES string of the molecule is O=C(Cc1cccc(C(F)(F)F)c1)N1CC[C@H](n2ccnn2)C1. The van der Waals surface area contributed by atoms with Gasteiger partial charge in [0, 0.05) is 19.3 Å². The van der Waals surface area contributed by atoms with Gasteiger partial charge in [0.2, 0.25) is 5.91 Å². The van der Waals surface area contributed by atoms with E-state index in [1.807, 2.05) is 0 Å². The highest BCUT2D eigenvalue weighted by Crippen LogP contribution is 2.30. The Labute approximate surface area is 130 Å². The molecule has 1 saturated heterocycles. The smallest absolute Gasteiger partial charge is 0.340 e. The molecule has 0 radical (unpaired) electrons. The Bertz CT molecular complexity index is 684. The summed E-state index contributed by atoms with van der Waals surface area (Å²) in [7, 11) is 0. The van der Waals surface area contributed by atoms with Crippen LogP contribution in [-0.4, -0.2) is 38.9 Å². The summed E-state index contributed by atoms with van der Waals surface area (Å²) < 4.78 is 39.8. The van der Waals surface area contributed by atoms with Crippen molar-refractivity contribution < 1.29 is 18.0 Å². The van der Waals surface area contributed by atoms with Crippen LogP contribution >= 0.6 is 0 Å². The van der Waals surface area contributed by atoms with Crippen molar-refractivity contribution in [2.45, 2.75) is 25.1 Å². The van der Waals surface area contributed by atoms with Crippen LogP contribution in [0.3, 0.4) is 0 Å². The lowest BCUT2D eigenvalue weighted by molar-refractivity contribution is -0.138. The highest BCUT2D eigenvalue weighted by molar-refractivity contribution is 5.79. The molecule has 1 aliphatic rings. The van der Waals surface area contributed by atoms with Crippen LogP contribution in [0.1, 0.15) is 23.6 Å². The first kappa shape index (κ1) is 15.5. The van der Waals surface area contributed by atoms with E-state index in [9.17, 15) is 18.0 Å². The molecule has 0 spiro atoms. The number of hydrogen-bond acceptors (Lipinski definition) is 3. The van der Waals surface area contributed by atoms with Crippen LogP contribution in [-0.2, 0) is 17.4 Å². The van der Waals surface area contributed by atoms with Gasteiger partial charge in [-0.05, 0) is 18.1 Å². The molecule has 1 fully saturated rings. The van der Waals surface area contributed by atoms with Gasteiger partial charge in [0.15, 0.2) is 0 Å². The minimum Gasteiger partial charge on any atom is -0.340 e. The van der Waals surface area contributed by atoms with Crippen molar-refractivity contribution in [2.75, 3.05) is 13.1 Å². The third-order valence-electron chi connectivity index (χ3n) is 3.94. The number of carbonyl (C=O) groups excluding carboxylic acids is 1. The van der Waals surface area contributed by atoms with Crippen molar-refractivity contribution in [3.05, 3.63) is 47.8 Å². The number of benzene rings is 1. The molecule has 1 amide bonds. The van der Waals surface area contributed by atoms with Crippen molar-refractivity contribution in [1.29, 1.82) is 0 Å². The van der Waals surface area contributed by atoms with Crippen LogP contribution in [0.5, 0.6) is 0 Å². The fourth-order valence-electron chi connectivity index (χ4n) is 2.74. The minimum absolute atomic E-state index is 0.0337. The van der Waals surface area contributed by atoms with E-state index in [1.165, 1.54) is 12.1 Å². The van der Waals surface area contributed by atoms with Gasteiger partial charge in [-0.1, -0.05) is 23.4 Å². The van der Waals surface area contributed by atoms with Gasteiger partial charge < -0.3 is 4.90 Å². The second kappa shape index (κ2) is 6.02. The predicted octanol–water partition coefficient (Wildman–Crippen LogP) is 2.31. The maximum absolute atomic E-state index is 12.7. The average Bonchev–Trinajstić information content (AvgIpc) is 3.18. The van der Waals surface area contributed by atoms with E-state index in [0.717, 1.165) is 18.6 Å². The highest BCUT2D eigenvalue weighted by Gasteiger charge is 2.31. The van der Waals surface area contributed by atoms with Crippen molar-refractivity contribution in [3.63, 3.8) is 0 Å². The first-order valence-corrected chi connectivity index (χ1v) is 7.23. The lowest BCUT2D eigenvalue weighted by atomic mass is 10.1. The second-order valence-electron chi connectivity index (χ2n) is 5.54. The topological polar surface area (TPSA) is 51.0 Å². The monoisotopic (exact) mass is 324 g/mol. The van der Waals surface area contributed by atoms with Gasteiger partial charge in [0.1, 0.15) is 0 Å². The molecule has 0 saturated carbocycles. The summed E-state index contributed by atoms with van der Waals surface area (Å²) in [4.78, 5) is 13.9. The number of likely N-dealkylation sites (tertiary alicyclic amines) is 1. The van der Waals surface area contributed by atoms with Gasteiger partial charge in [-0.2, -0.15) is 13.2 Å². The zero-order valence-corrected chi connectivity index (χ0v) is 12.2. The number of hydrogen-bond donors (Lipinski definition) is 0. The molecule has 3 rings (SSSR count). The maximum atomic E-state index is 12.7. The molecule has 122 valence electrons. The van der Waals surface area contributed by atoms with Crippen LogP contribution in [0.4, 0.5) is 13.2 Å². The molecule has 0 aliphatic carbocycles. The molecule has 1 aromatic heterocycles. The number of aromatic nitrogens is 3. The Morgan fingerprint density at radius 1 is 1.35 bits per heavy atom. The molecule has 8 heteroatoms. The molecule has 1 atom stereocenters. The molecular formula is C15H15F3N4O. The summed E-state index contributed by atoms with van der Waals surface area (Å²) in [6, 6.07) is 4.97. The zero-order valence-electron chi connectivity index (χ0n) is 12.2. The van der Waals surface area contributed by atoms with Gasteiger partial charge in [-0.15, -0.1) is 5.10 Å². The van der Waals surface area contributed by atoms with Crippen LogP contribution in [0.2, 0.25) is 0 Å². The Morgan fingerprint density at radius 2 is 2.17 bits per heavy atom. The number of amides is 1. The van der Waals surface area contributed by atoms with Crippen LogP contribution in [0.15, 0.2) is 36.7 Å². The van der Waals surface area contributed by atoms with Crippen molar-refractivity contribution >= 4 is 5.91 Å². The quantitative estimate of drug-likeness (QED) is 0.870. The molecule has 0 N–H and O–H groups in total. The summed E-state index contributed by atoms with van der Waals surface area (Å²) in [6.07, 6.45) is -0.352. The third kappa shape index (κ3) is 3.52. The molecule has 2 aromatic rings. The summed E-state index contributed by atoms with van der Waals surface area (Å²) in [5.41, 5.74) is -0.362. The molecule has 1 aliphatic heterocycles. The van der Waals surface area contributed by atoms with Crippen molar-refractivity contribution in [1.82, 2.24) is 19.9 Å². The Kier molecular flexibility index (Phi) is 4.06. The molecule has 2 heterocycles. The number of alkyl halides is 3. The fourth-order valence-corrected chi connectivity index (χ4v) is 2.74. The predicted molar refractivity (Wildman–Crippen MR) is 75.4 cm³/mol. The molecular weight excluding hydrogens is 309 g/mol. The standard InChI is InChI=1S/C15H15F3N4O/c16-15(17,18)12-3-1-2-11(8-12)9-14(23)21-6-4-13(10-21)22-7-5-19-20-22/h1-3,5,7-8,13H,4,6,9-10H2/t13-/m0/s1. The van der Waals surface area contributed by atoms with E-state index in [-0.39, 0.29) is 18.4 Å². The molecule has 5 nitrogen and oxygen atoms in total. The van der Waals surface area contributed by atoms with Gasteiger partial charge in [-0.25, -0.2) is 4.68 Å². The van der Waals surface area contributed by atoms with Gasteiger partial charge in [-0.3, -0.25) is 4.79 Å². The number of carbonyl (C=O) groups is 1. The lowest BCUT2D eigenvalue weighted by Crippen LogP contribution is -2.30. The maximum Gasteiger partial charge on any atom is 0.416 e. The average molecular weight is 324 g/mol. The summed E-state index contributed by atoms with van der Waals surface area (Å²) in [6.45, 7) is 1.07. The van der Waals surface area contributed by atoms with Crippen molar-refractivity contribution in [3.8, 4) is 0 Å². The zero-order chi connectivity index (χ0) is 16.4. The van der Waals surface area contributed by atoms with E-state index in [2.05, 4.69) is 10.3 Å². The largest absolute Gasteiger partial charge is 0.416 e. The second-order valence-corrected chi connectivity index (χ2v) is 5.54. The van der Waals surface area contributed by atoms with E-state index in [4.69, 9.17) is 0 Å². The minimum atomic E-state index is -4.40.